The van der Waals surface area contributed by atoms with Crippen molar-refractivity contribution in [3.63, 3.8) is 0 Å². The first-order valence-corrected chi connectivity index (χ1v) is 11.3. The number of aryl methyl sites for hydroxylation is 1. The fourth-order valence-electron chi connectivity index (χ4n) is 3.24. The third-order valence-corrected chi connectivity index (χ3v) is 5.81. The van der Waals surface area contributed by atoms with E-state index in [2.05, 4.69) is 20.6 Å². The van der Waals surface area contributed by atoms with Gasteiger partial charge in [-0.1, -0.05) is 23.2 Å². The van der Waals surface area contributed by atoms with Crippen molar-refractivity contribution >= 4 is 63.2 Å². The van der Waals surface area contributed by atoms with Crippen molar-refractivity contribution in [2.45, 2.75) is 13.8 Å². The number of aromatic nitrogens is 2. The molecule has 0 saturated carbocycles. The molecule has 4 rings (SSSR count). The number of nitrogens with zero attached hydrogens (tertiary/aromatic N) is 1. The third kappa shape index (κ3) is 5.27. The van der Waals surface area contributed by atoms with Gasteiger partial charge >= 0.3 is 0 Å². The van der Waals surface area contributed by atoms with E-state index >= 15 is 0 Å². The highest BCUT2D eigenvalue weighted by atomic mass is 35.5. The van der Waals surface area contributed by atoms with E-state index in [0.717, 1.165) is 33.7 Å². The summed E-state index contributed by atoms with van der Waals surface area (Å²) in [5.41, 5.74) is 4.73. The van der Waals surface area contributed by atoms with Gasteiger partial charge in [0.2, 0.25) is 0 Å². The molecule has 9 heteroatoms. The highest BCUT2D eigenvalue weighted by Gasteiger charge is 2.12. The Hall–Kier alpha value is -3.13. The molecule has 0 atom stereocenters. The zero-order chi connectivity index (χ0) is 23.5. The number of rotatable bonds is 5. The molecule has 4 aromatic rings. The number of amides is 1. The van der Waals surface area contributed by atoms with E-state index in [1.807, 2.05) is 50.2 Å². The molecule has 0 saturated heterocycles. The van der Waals surface area contributed by atoms with Crippen molar-refractivity contribution in [3.05, 3.63) is 75.8 Å². The van der Waals surface area contributed by atoms with Gasteiger partial charge in [0.15, 0.2) is 5.11 Å². The Kier molecular flexibility index (Phi) is 6.83. The number of benzene rings is 3. The minimum absolute atomic E-state index is 0.173. The predicted molar refractivity (Wildman–Crippen MR) is 138 cm³/mol. The SMILES string of the molecule is CCOc1ccc(C(=O)NC(=S)Nc2ccc(-c3nc4cc(Cl)c(C)cc4[nH]3)cc2)cc1Cl. The molecule has 1 aromatic heterocycles. The van der Waals surface area contributed by atoms with Gasteiger partial charge in [-0.2, -0.15) is 0 Å². The number of thiocarbonyl (C=S) groups is 1. The first-order valence-electron chi connectivity index (χ1n) is 10.1. The number of hydrogen-bond donors (Lipinski definition) is 3. The van der Waals surface area contributed by atoms with Crippen molar-refractivity contribution in [2.75, 3.05) is 11.9 Å². The number of aromatic amines is 1. The van der Waals surface area contributed by atoms with Crippen LogP contribution >= 0.6 is 35.4 Å². The summed E-state index contributed by atoms with van der Waals surface area (Å²) < 4.78 is 5.39. The molecule has 0 unspecified atom stereocenters. The summed E-state index contributed by atoms with van der Waals surface area (Å²) in [5.74, 6) is 0.894. The van der Waals surface area contributed by atoms with E-state index in [1.165, 1.54) is 0 Å². The summed E-state index contributed by atoms with van der Waals surface area (Å²) in [5, 5.41) is 6.87. The Balaban J connectivity index is 1.41. The minimum Gasteiger partial charge on any atom is -0.492 e. The molecular formula is C24H20Cl2N4O2S. The van der Waals surface area contributed by atoms with Gasteiger partial charge in [0, 0.05) is 21.8 Å². The van der Waals surface area contributed by atoms with Crippen LogP contribution in [0.15, 0.2) is 54.6 Å². The summed E-state index contributed by atoms with van der Waals surface area (Å²) in [7, 11) is 0. The Morgan fingerprint density at radius 3 is 2.55 bits per heavy atom. The normalized spacial score (nSPS) is 10.8. The molecule has 0 aliphatic rings. The molecule has 0 bridgehead atoms. The molecule has 0 spiro atoms. The van der Waals surface area contributed by atoms with Crippen LogP contribution in [0.1, 0.15) is 22.8 Å². The molecule has 0 aliphatic heterocycles. The standard InChI is InChI=1S/C24H20Cl2N4O2S/c1-3-32-21-9-6-15(11-18(21)26)23(31)30-24(33)27-16-7-4-14(5-8-16)22-28-19-10-13(2)17(25)12-20(19)29-22/h4-12H,3H2,1-2H3,(H,28,29)(H2,27,30,31,33). The van der Waals surface area contributed by atoms with Gasteiger partial charge in [-0.3, -0.25) is 10.1 Å². The summed E-state index contributed by atoms with van der Waals surface area (Å²) in [6, 6.07) is 16.2. The number of ether oxygens (including phenoxy) is 1. The maximum atomic E-state index is 12.5. The van der Waals surface area contributed by atoms with E-state index in [0.29, 0.717) is 28.0 Å². The predicted octanol–water partition coefficient (Wildman–Crippen LogP) is 6.37. The van der Waals surface area contributed by atoms with Gasteiger partial charge in [0.05, 0.1) is 22.7 Å². The number of imidazole rings is 1. The summed E-state index contributed by atoms with van der Waals surface area (Å²) in [4.78, 5) is 20.4. The molecule has 3 N–H and O–H groups in total. The number of H-pyrrole nitrogens is 1. The molecule has 3 aromatic carbocycles. The summed E-state index contributed by atoms with van der Waals surface area (Å²) in [6.07, 6.45) is 0. The molecule has 6 nitrogen and oxygen atoms in total. The minimum atomic E-state index is -0.370. The molecule has 1 amide bonds. The molecule has 1 heterocycles. The second-order valence-corrected chi connectivity index (χ2v) is 8.49. The van der Waals surface area contributed by atoms with Gasteiger partial charge in [-0.05, 0) is 86.2 Å². The van der Waals surface area contributed by atoms with Crippen LogP contribution in [0.4, 0.5) is 5.69 Å². The molecular weight excluding hydrogens is 479 g/mol. The molecule has 168 valence electrons. The lowest BCUT2D eigenvalue weighted by molar-refractivity contribution is 0.0977. The highest BCUT2D eigenvalue weighted by molar-refractivity contribution is 7.80. The van der Waals surface area contributed by atoms with Crippen molar-refractivity contribution in [3.8, 4) is 17.1 Å². The van der Waals surface area contributed by atoms with Crippen LogP contribution in [0.5, 0.6) is 5.75 Å². The maximum Gasteiger partial charge on any atom is 0.257 e. The first-order chi connectivity index (χ1) is 15.8. The van der Waals surface area contributed by atoms with E-state index < -0.39 is 0 Å². The number of carbonyl (C=O) groups is 1. The fraction of sp³-hybridized carbons (Fsp3) is 0.125. The number of halogens is 2. The van der Waals surface area contributed by atoms with Crippen LogP contribution in [0.25, 0.3) is 22.4 Å². The van der Waals surface area contributed by atoms with Gasteiger partial charge in [0.1, 0.15) is 11.6 Å². The lowest BCUT2D eigenvalue weighted by Gasteiger charge is -2.11. The van der Waals surface area contributed by atoms with Crippen LogP contribution in [0, 0.1) is 6.92 Å². The largest absolute Gasteiger partial charge is 0.492 e. The second kappa shape index (κ2) is 9.79. The van der Waals surface area contributed by atoms with E-state index in [4.69, 9.17) is 40.2 Å². The molecule has 0 radical (unpaired) electrons. The van der Waals surface area contributed by atoms with Crippen LogP contribution < -0.4 is 15.4 Å². The first kappa shape index (κ1) is 23.0. The second-order valence-electron chi connectivity index (χ2n) is 7.27. The summed E-state index contributed by atoms with van der Waals surface area (Å²) >= 11 is 17.6. The number of carbonyl (C=O) groups excluding carboxylic acids is 1. The highest BCUT2D eigenvalue weighted by Crippen LogP contribution is 2.27. The van der Waals surface area contributed by atoms with Crippen LogP contribution in [-0.2, 0) is 0 Å². The monoisotopic (exact) mass is 498 g/mol. The molecule has 0 aliphatic carbocycles. The Bertz CT molecular complexity index is 1310. The van der Waals surface area contributed by atoms with Crippen LogP contribution in [0.2, 0.25) is 10.0 Å². The van der Waals surface area contributed by atoms with Gasteiger partial charge in [-0.25, -0.2) is 4.98 Å². The van der Waals surface area contributed by atoms with E-state index in [-0.39, 0.29) is 11.0 Å². The number of anilines is 1. The number of hydrogen-bond acceptors (Lipinski definition) is 4. The number of fused-ring (bicyclic) bond motifs is 1. The van der Waals surface area contributed by atoms with Crippen molar-refractivity contribution < 1.29 is 9.53 Å². The quantitative estimate of drug-likeness (QED) is 0.278. The van der Waals surface area contributed by atoms with Crippen LogP contribution in [0.3, 0.4) is 0 Å². The summed E-state index contributed by atoms with van der Waals surface area (Å²) in [6.45, 7) is 4.30. The molecule has 33 heavy (non-hydrogen) atoms. The Labute approximate surface area is 206 Å². The average molecular weight is 499 g/mol. The van der Waals surface area contributed by atoms with Crippen molar-refractivity contribution in [1.82, 2.24) is 15.3 Å². The van der Waals surface area contributed by atoms with Gasteiger partial charge < -0.3 is 15.0 Å². The third-order valence-electron chi connectivity index (χ3n) is 4.90. The van der Waals surface area contributed by atoms with Crippen molar-refractivity contribution in [1.29, 1.82) is 0 Å². The zero-order valence-corrected chi connectivity index (χ0v) is 20.2. The van der Waals surface area contributed by atoms with Crippen molar-refractivity contribution in [2.24, 2.45) is 0 Å². The topological polar surface area (TPSA) is 79.0 Å². The Morgan fingerprint density at radius 1 is 1.09 bits per heavy atom. The lowest BCUT2D eigenvalue weighted by Crippen LogP contribution is -2.34. The zero-order valence-electron chi connectivity index (χ0n) is 17.8. The lowest BCUT2D eigenvalue weighted by atomic mass is 10.2. The van der Waals surface area contributed by atoms with E-state index in [1.54, 1.807) is 18.2 Å². The van der Waals surface area contributed by atoms with Gasteiger partial charge in [0.25, 0.3) is 5.91 Å². The Morgan fingerprint density at radius 2 is 1.85 bits per heavy atom. The van der Waals surface area contributed by atoms with E-state index in [9.17, 15) is 4.79 Å². The average Bonchev–Trinajstić information content (AvgIpc) is 3.18. The van der Waals surface area contributed by atoms with Gasteiger partial charge in [-0.15, -0.1) is 0 Å². The maximum absolute atomic E-state index is 12.5. The molecule has 0 fully saturated rings. The van der Waals surface area contributed by atoms with Crippen LogP contribution in [-0.4, -0.2) is 27.6 Å². The number of nitrogens with one attached hydrogen (secondary N) is 3. The smallest absolute Gasteiger partial charge is 0.257 e. The fourth-order valence-corrected chi connectivity index (χ4v) is 3.84.